The third-order valence-corrected chi connectivity index (χ3v) is 4.80. The van der Waals surface area contributed by atoms with Gasteiger partial charge in [-0.15, -0.1) is 5.10 Å². The van der Waals surface area contributed by atoms with Crippen molar-refractivity contribution in [2.45, 2.75) is 6.92 Å². The van der Waals surface area contributed by atoms with Crippen LogP contribution in [0.15, 0.2) is 77.3 Å². The number of aryl methyl sites for hydroxylation is 1. The van der Waals surface area contributed by atoms with Crippen LogP contribution in [0.25, 0.3) is 17.1 Å². The van der Waals surface area contributed by atoms with Crippen molar-refractivity contribution in [1.82, 2.24) is 14.8 Å². The maximum atomic E-state index is 13.4. The lowest BCUT2D eigenvalue weighted by Gasteiger charge is -2.06. The third kappa shape index (κ3) is 4.25. The van der Waals surface area contributed by atoms with Crippen LogP contribution in [0.5, 0.6) is 0 Å². The number of hydrogen-bond acceptors (Lipinski definition) is 3. The summed E-state index contributed by atoms with van der Waals surface area (Å²) in [4.78, 5) is 17.1. The number of nitrogens with one attached hydrogen (secondary N) is 1. The fraction of sp³-hybridized carbons (Fsp3) is 0.0455. The number of hydrogen-bond donors (Lipinski definition) is 1. The highest BCUT2D eigenvalue weighted by molar-refractivity contribution is 9.10. The minimum atomic E-state index is -0.514. The lowest BCUT2D eigenvalue weighted by atomic mass is 10.1. The molecule has 0 aliphatic heterocycles. The minimum absolute atomic E-state index is 0.00671. The van der Waals surface area contributed by atoms with Crippen LogP contribution in [0.2, 0.25) is 0 Å². The van der Waals surface area contributed by atoms with E-state index in [-0.39, 0.29) is 5.82 Å². The molecule has 5 nitrogen and oxygen atoms in total. The van der Waals surface area contributed by atoms with Crippen LogP contribution in [0, 0.1) is 12.7 Å². The number of aromatic nitrogens is 3. The topological polar surface area (TPSA) is 59.8 Å². The fourth-order valence-electron chi connectivity index (χ4n) is 2.81. The Morgan fingerprint density at radius 1 is 1.03 bits per heavy atom. The highest BCUT2D eigenvalue weighted by Crippen LogP contribution is 2.23. The van der Waals surface area contributed by atoms with E-state index in [1.165, 1.54) is 18.2 Å². The van der Waals surface area contributed by atoms with E-state index >= 15 is 0 Å². The molecule has 0 unspecified atom stereocenters. The second kappa shape index (κ2) is 7.97. The first-order chi connectivity index (χ1) is 14.0. The molecule has 0 saturated heterocycles. The summed E-state index contributed by atoms with van der Waals surface area (Å²) >= 11 is 3.42. The summed E-state index contributed by atoms with van der Waals surface area (Å²) < 4.78 is 16.0. The van der Waals surface area contributed by atoms with E-state index in [9.17, 15) is 9.18 Å². The summed E-state index contributed by atoms with van der Waals surface area (Å²) in [7, 11) is 0. The van der Waals surface area contributed by atoms with Gasteiger partial charge in [0.1, 0.15) is 5.82 Å². The summed E-state index contributed by atoms with van der Waals surface area (Å²) in [5.74, 6) is -0.416. The number of halogens is 2. The zero-order chi connectivity index (χ0) is 20.4. The van der Waals surface area contributed by atoms with E-state index in [1.807, 2.05) is 55.5 Å². The number of carbonyl (C=O) groups excluding carboxylic acids is 1. The molecule has 1 N–H and O–H groups in total. The Bertz CT molecular complexity index is 1110. The largest absolute Gasteiger partial charge is 0.319 e. The van der Waals surface area contributed by atoms with E-state index in [0.717, 1.165) is 21.3 Å². The van der Waals surface area contributed by atoms with Crippen molar-refractivity contribution in [3.05, 3.63) is 94.5 Å². The Morgan fingerprint density at radius 3 is 2.45 bits per heavy atom. The van der Waals surface area contributed by atoms with E-state index in [1.54, 1.807) is 10.7 Å². The molecule has 4 rings (SSSR count). The highest BCUT2D eigenvalue weighted by Gasteiger charge is 2.19. The quantitative estimate of drug-likeness (QED) is 0.452. The molecule has 29 heavy (non-hydrogen) atoms. The minimum Gasteiger partial charge on any atom is -0.319 e. The molecule has 1 amide bonds. The van der Waals surface area contributed by atoms with Gasteiger partial charge in [-0.25, -0.2) is 14.1 Å². The number of anilines is 1. The van der Waals surface area contributed by atoms with Gasteiger partial charge in [0.25, 0.3) is 5.91 Å². The number of amides is 1. The van der Waals surface area contributed by atoms with Crippen LogP contribution in [-0.2, 0) is 0 Å². The molecule has 144 valence electrons. The van der Waals surface area contributed by atoms with Gasteiger partial charge in [0.05, 0.1) is 5.69 Å². The average Bonchev–Trinajstić information content (AvgIpc) is 3.15. The molecule has 4 aromatic rings. The van der Waals surface area contributed by atoms with Crippen molar-refractivity contribution in [3.8, 4) is 17.1 Å². The van der Waals surface area contributed by atoms with Crippen molar-refractivity contribution >= 4 is 27.5 Å². The summed E-state index contributed by atoms with van der Waals surface area (Å²) in [5, 5.41) is 7.05. The Kier molecular flexibility index (Phi) is 5.22. The van der Waals surface area contributed by atoms with Gasteiger partial charge in [0.15, 0.2) is 5.82 Å². The first kappa shape index (κ1) is 19.0. The second-order valence-corrected chi connectivity index (χ2v) is 7.39. The van der Waals surface area contributed by atoms with Crippen LogP contribution < -0.4 is 5.32 Å². The first-order valence-electron chi connectivity index (χ1n) is 8.86. The molecule has 0 aliphatic rings. The summed E-state index contributed by atoms with van der Waals surface area (Å²) in [6.45, 7) is 2.00. The van der Waals surface area contributed by atoms with Gasteiger partial charge in [-0.1, -0.05) is 51.8 Å². The number of nitrogens with zero attached hydrogens (tertiary/aromatic N) is 3. The number of benzene rings is 3. The molecular weight excluding hydrogens is 435 g/mol. The molecule has 1 aromatic heterocycles. The molecule has 0 atom stereocenters. The molecule has 1 heterocycles. The number of carbonyl (C=O) groups is 1. The SMILES string of the molecule is Cc1ccc(-c2nc(C(=O)Nc3cccc(F)c3)nn2-c2ccc(Br)cc2)cc1. The highest BCUT2D eigenvalue weighted by atomic mass is 79.9. The number of rotatable bonds is 4. The Balaban J connectivity index is 1.75. The lowest BCUT2D eigenvalue weighted by Crippen LogP contribution is -2.14. The summed E-state index contributed by atoms with van der Waals surface area (Å²) in [6, 6.07) is 21.0. The summed E-state index contributed by atoms with van der Waals surface area (Å²) in [5.41, 5.74) is 3.05. The van der Waals surface area contributed by atoms with E-state index in [2.05, 4.69) is 31.3 Å². The van der Waals surface area contributed by atoms with Gasteiger partial charge in [0.2, 0.25) is 5.82 Å². The van der Waals surface area contributed by atoms with Crippen LogP contribution in [-0.4, -0.2) is 20.7 Å². The second-order valence-electron chi connectivity index (χ2n) is 6.48. The van der Waals surface area contributed by atoms with Gasteiger partial charge in [-0.3, -0.25) is 4.79 Å². The molecule has 0 bridgehead atoms. The van der Waals surface area contributed by atoms with Gasteiger partial charge in [0, 0.05) is 15.7 Å². The van der Waals surface area contributed by atoms with E-state index in [4.69, 9.17) is 0 Å². The van der Waals surface area contributed by atoms with Crippen molar-refractivity contribution < 1.29 is 9.18 Å². The van der Waals surface area contributed by atoms with Crippen LogP contribution in [0.3, 0.4) is 0 Å². The van der Waals surface area contributed by atoms with Crippen LogP contribution in [0.4, 0.5) is 10.1 Å². The molecule has 0 radical (unpaired) electrons. The molecule has 0 spiro atoms. The first-order valence-corrected chi connectivity index (χ1v) is 9.66. The molecular formula is C22H16BrFN4O. The van der Waals surface area contributed by atoms with Gasteiger partial charge in [-0.2, -0.15) is 0 Å². The molecule has 0 saturated carbocycles. The van der Waals surface area contributed by atoms with Crippen molar-refractivity contribution in [2.24, 2.45) is 0 Å². The molecule has 3 aromatic carbocycles. The van der Waals surface area contributed by atoms with Crippen LogP contribution >= 0.6 is 15.9 Å². The maximum Gasteiger partial charge on any atom is 0.295 e. The van der Waals surface area contributed by atoms with Gasteiger partial charge >= 0.3 is 0 Å². The van der Waals surface area contributed by atoms with Gasteiger partial charge in [-0.05, 0) is 49.4 Å². The summed E-state index contributed by atoms with van der Waals surface area (Å²) in [6.07, 6.45) is 0. The van der Waals surface area contributed by atoms with Crippen molar-refractivity contribution in [1.29, 1.82) is 0 Å². The van der Waals surface area contributed by atoms with Crippen molar-refractivity contribution in [3.63, 3.8) is 0 Å². The van der Waals surface area contributed by atoms with Crippen molar-refractivity contribution in [2.75, 3.05) is 5.32 Å². The fourth-order valence-corrected chi connectivity index (χ4v) is 3.08. The Hall–Kier alpha value is -3.32. The Morgan fingerprint density at radius 2 is 1.76 bits per heavy atom. The zero-order valence-corrected chi connectivity index (χ0v) is 17.0. The normalized spacial score (nSPS) is 10.7. The molecule has 0 aliphatic carbocycles. The molecule has 0 fully saturated rings. The smallest absolute Gasteiger partial charge is 0.295 e. The predicted molar refractivity (Wildman–Crippen MR) is 114 cm³/mol. The standard InChI is InChI=1S/C22H16BrFN4O/c1-14-5-7-15(8-6-14)21-26-20(22(29)25-18-4-2-3-17(24)13-18)27-28(21)19-11-9-16(23)10-12-19/h2-13H,1H3,(H,25,29). The lowest BCUT2D eigenvalue weighted by molar-refractivity contribution is 0.101. The molecule has 7 heteroatoms. The maximum absolute atomic E-state index is 13.4. The Labute approximate surface area is 175 Å². The van der Waals surface area contributed by atoms with Gasteiger partial charge < -0.3 is 5.32 Å². The zero-order valence-electron chi connectivity index (χ0n) is 15.4. The average molecular weight is 451 g/mol. The third-order valence-electron chi connectivity index (χ3n) is 4.27. The monoisotopic (exact) mass is 450 g/mol. The van der Waals surface area contributed by atoms with E-state index < -0.39 is 11.7 Å². The van der Waals surface area contributed by atoms with Crippen LogP contribution in [0.1, 0.15) is 16.2 Å². The van der Waals surface area contributed by atoms with E-state index in [0.29, 0.717) is 11.5 Å². The predicted octanol–water partition coefficient (Wildman–Crippen LogP) is 5.40.